The van der Waals surface area contributed by atoms with Crippen LogP contribution in [0.25, 0.3) is 0 Å². The van der Waals surface area contributed by atoms with Gasteiger partial charge in [-0.15, -0.1) is 0 Å². The molecule has 0 aliphatic carbocycles. The number of nitrogens with zero attached hydrogens (tertiary/aromatic N) is 2. The molecule has 10 heteroatoms. The standard InChI is InChI=1S/C26H23F2N3O5/c1-16-12-18(7-9-22(16)31(34)35)26(33)30-11-3-6-23(30)25(32)29-20-8-10-24(21(28)14-20)36-15-17-4-2-5-19(27)13-17/h2,4-5,7-10,12-14,23H,3,6,11,15H2,1H3,(H,29,32). The lowest BCUT2D eigenvalue weighted by Gasteiger charge is -2.24. The number of carbonyl (C=O) groups excluding carboxylic acids is 2. The maximum Gasteiger partial charge on any atom is 0.272 e. The highest BCUT2D eigenvalue weighted by Gasteiger charge is 2.35. The molecule has 0 saturated carbocycles. The number of aryl methyl sites for hydroxylation is 1. The van der Waals surface area contributed by atoms with Crippen LogP contribution in [0.5, 0.6) is 5.75 Å². The van der Waals surface area contributed by atoms with Crippen molar-refractivity contribution >= 4 is 23.2 Å². The molecule has 1 unspecified atom stereocenters. The van der Waals surface area contributed by atoms with Gasteiger partial charge in [-0.2, -0.15) is 0 Å². The Hall–Kier alpha value is -4.34. The average molecular weight is 495 g/mol. The lowest BCUT2D eigenvalue weighted by Crippen LogP contribution is -2.43. The molecule has 36 heavy (non-hydrogen) atoms. The summed E-state index contributed by atoms with van der Waals surface area (Å²) in [4.78, 5) is 37.9. The first-order chi connectivity index (χ1) is 17.2. The van der Waals surface area contributed by atoms with Crippen LogP contribution in [0.1, 0.15) is 34.3 Å². The van der Waals surface area contributed by atoms with Crippen LogP contribution in [0.3, 0.4) is 0 Å². The minimum Gasteiger partial charge on any atom is -0.486 e. The Labute approximate surface area is 205 Å². The maximum atomic E-state index is 14.6. The van der Waals surface area contributed by atoms with Crippen LogP contribution in [0.4, 0.5) is 20.2 Å². The fourth-order valence-corrected chi connectivity index (χ4v) is 4.15. The zero-order valence-corrected chi connectivity index (χ0v) is 19.4. The number of nitrogens with one attached hydrogen (secondary N) is 1. The molecule has 0 bridgehead atoms. The van der Waals surface area contributed by atoms with Gasteiger partial charge >= 0.3 is 0 Å². The van der Waals surface area contributed by atoms with Gasteiger partial charge in [0.1, 0.15) is 18.5 Å². The van der Waals surface area contributed by atoms with Crippen LogP contribution >= 0.6 is 0 Å². The van der Waals surface area contributed by atoms with Crippen molar-refractivity contribution in [1.29, 1.82) is 0 Å². The molecule has 0 aromatic heterocycles. The number of carbonyl (C=O) groups is 2. The SMILES string of the molecule is Cc1cc(C(=O)N2CCCC2C(=O)Nc2ccc(OCc3cccc(F)c3)c(F)c2)ccc1[N+](=O)[O-]. The van der Waals surface area contributed by atoms with E-state index in [-0.39, 0.29) is 29.3 Å². The van der Waals surface area contributed by atoms with Gasteiger partial charge in [-0.3, -0.25) is 19.7 Å². The summed E-state index contributed by atoms with van der Waals surface area (Å²) < 4.78 is 33.3. The molecule has 1 saturated heterocycles. The summed E-state index contributed by atoms with van der Waals surface area (Å²) in [7, 11) is 0. The topological polar surface area (TPSA) is 102 Å². The van der Waals surface area contributed by atoms with Gasteiger partial charge in [0.15, 0.2) is 11.6 Å². The van der Waals surface area contributed by atoms with Crippen molar-refractivity contribution in [3.63, 3.8) is 0 Å². The molecule has 0 radical (unpaired) electrons. The molecule has 3 aromatic rings. The van der Waals surface area contributed by atoms with E-state index in [1.54, 1.807) is 13.0 Å². The van der Waals surface area contributed by atoms with E-state index < -0.39 is 34.4 Å². The Morgan fingerprint density at radius 1 is 1.14 bits per heavy atom. The van der Waals surface area contributed by atoms with E-state index in [2.05, 4.69) is 5.32 Å². The second-order valence-corrected chi connectivity index (χ2v) is 8.47. The summed E-state index contributed by atoms with van der Waals surface area (Å²) >= 11 is 0. The monoisotopic (exact) mass is 495 g/mol. The molecule has 1 aliphatic heterocycles. The lowest BCUT2D eigenvalue weighted by atomic mass is 10.1. The quantitative estimate of drug-likeness (QED) is 0.367. The number of nitro benzene ring substituents is 1. The van der Waals surface area contributed by atoms with Crippen LogP contribution in [0, 0.1) is 28.7 Å². The van der Waals surface area contributed by atoms with E-state index >= 15 is 0 Å². The Kier molecular flexibility index (Phi) is 7.23. The lowest BCUT2D eigenvalue weighted by molar-refractivity contribution is -0.385. The van der Waals surface area contributed by atoms with Crippen molar-refractivity contribution in [2.45, 2.75) is 32.4 Å². The molecule has 1 aliphatic rings. The summed E-state index contributed by atoms with van der Waals surface area (Å²) in [6.07, 6.45) is 1.04. The number of anilines is 1. The number of benzene rings is 3. The highest BCUT2D eigenvalue weighted by atomic mass is 19.1. The van der Waals surface area contributed by atoms with Crippen molar-refractivity contribution in [2.75, 3.05) is 11.9 Å². The molecular formula is C26H23F2N3O5. The van der Waals surface area contributed by atoms with Gasteiger partial charge in [0.05, 0.1) is 4.92 Å². The predicted octanol–water partition coefficient (Wildman–Crippen LogP) is 5.00. The highest BCUT2D eigenvalue weighted by molar-refractivity contribution is 6.01. The van der Waals surface area contributed by atoms with E-state index in [1.165, 1.54) is 53.4 Å². The van der Waals surface area contributed by atoms with Crippen molar-refractivity contribution in [3.05, 3.63) is 99.1 Å². The van der Waals surface area contributed by atoms with Crippen LogP contribution in [-0.2, 0) is 11.4 Å². The molecule has 1 atom stereocenters. The zero-order valence-electron chi connectivity index (χ0n) is 19.4. The van der Waals surface area contributed by atoms with E-state index in [9.17, 15) is 28.5 Å². The number of halogens is 2. The van der Waals surface area contributed by atoms with Gasteiger partial charge < -0.3 is 15.0 Å². The van der Waals surface area contributed by atoms with Crippen molar-refractivity contribution in [1.82, 2.24) is 4.90 Å². The minimum atomic E-state index is -0.764. The number of nitro groups is 1. The van der Waals surface area contributed by atoms with Crippen LogP contribution in [-0.4, -0.2) is 34.2 Å². The number of rotatable bonds is 7. The molecule has 1 heterocycles. The number of amides is 2. The van der Waals surface area contributed by atoms with Crippen molar-refractivity contribution < 1.29 is 28.0 Å². The van der Waals surface area contributed by atoms with Crippen LogP contribution in [0.2, 0.25) is 0 Å². The fraction of sp³-hybridized carbons (Fsp3) is 0.231. The van der Waals surface area contributed by atoms with Gasteiger partial charge in [-0.1, -0.05) is 12.1 Å². The second-order valence-electron chi connectivity index (χ2n) is 8.47. The molecule has 186 valence electrons. The summed E-state index contributed by atoms with van der Waals surface area (Å²) in [6, 6.07) is 13.0. The Morgan fingerprint density at radius 3 is 2.64 bits per heavy atom. The highest BCUT2D eigenvalue weighted by Crippen LogP contribution is 2.26. The Morgan fingerprint density at radius 2 is 1.94 bits per heavy atom. The van der Waals surface area contributed by atoms with Gasteiger partial charge in [-0.25, -0.2) is 8.78 Å². The fourth-order valence-electron chi connectivity index (χ4n) is 4.15. The van der Waals surface area contributed by atoms with Crippen molar-refractivity contribution in [2.24, 2.45) is 0 Å². The summed E-state index contributed by atoms with van der Waals surface area (Å²) in [5, 5.41) is 13.7. The average Bonchev–Trinajstić information content (AvgIpc) is 3.33. The number of hydrogen-bond donors (Lipinski definition) is 1. The molecule has 0 spiro atoms. The van der Waals surface area contributed by atoms with Gasteiger partial charge in [0, 0.05) is 35.5 Å². The van der Waals surface area contributed by atoms with Gasteiger partial charge in [0.2, 0.25) is 5.91 Å². The minimum absolute atomic E-state index is 0.0261. The van der Waals surface area contributed by atoms with Crippen molar-refractivity contribution in [3.8, 4) is 5.75 Å². The Bertz CT molecular complexity index is 1330. The van der Waals surface area contributed by atoms with E-state index in [4.69, 9.17) is 4.74 Å². The smallest absolute Gasteiger partial charge is 0.272 e. The molecule has 4 rings (SSSR count). The third-order valence-electron chi connectivity index (χ3n) is 5.94. The molecule has 1 N–H and O–H groups in total. The third kappa shape index (κ3) is 5.48. The first-order valence-electron chi connectivity index (χ1n) is 11.3. The molecule has 1 fully saturated rings. The molecule has 8 nitrogen and oxygen atoms in total. The van der Waals surface area contributed by atoms with Crippen LogP contribution < -0.4 is 10.1 Å². The molecule has 3 aromatic carbocycles. The number of hydrogen-bond acceptors (Lipinski definition) is 5. The molecular weight excluding hydrogens is 472 g/mol. The zero-order chi connectivity index (χ0) is 25.8. The van der Waals surface area contributed by atoms with E-state index in [0.29, 0.717) is 30.5 Å². The van der Waals surface area contributed by atoms with Gasteiger partial charge in [0.25, 0.3) is 11.6 Å². The first-order valence-corrected chi connectivity index (χ1v) is 11.3. The first kappa shape index (κ1) is 24.8. The maximum absolute atomic E-state index is 14.6. The summed E-state index contributed by atoms with van der Waals surface area (Å²) in [5.41, 5.74) is 1.25. The van der Waals surface area contributed by atoms with E-state index in [1.807, 2.05) is 0 Å². The van der Waals surface area contributed by atoms with E-state index in [0.717, 1.165) is 6.07 Å². The summed E-state index contributed by atoms with van der Waals surface area (Å²) in [6.45, 7) is 1.87. The third-order valence-corrected chi connectivity index (χ3v) is 5.94. The van der Waals surface area contributed by atoms with Gasteiger partial charge in [-0.05, 0) is 61.7 Å². The number of ether oxygens (including phenoxy) is 1. The van der Waals surface area contributed by atoms with Crippen LogP contribution in [0.15, 0.2) is 60.7 Å². The predicted molar refractivity (Wildman–Crippen MR) is 128 cm³/mol. The largest absolute Gasteiger partial charge is 0.486 e. The molecule has 2 amide bonds. The Balaban J connectivity index is 1.41. The number of likely N-dealkylation sites (tertiary alicyclic amines) is 1. The normalized spacial score (nSPS) is 15.0. The summed E-state index contributed by atoms with van der Waals surface area (Å²) in [5.74, 6) is -2.04. The second kappa shape index (κ2) is 10.5.